The van der Waals surface area contributed by atoms with Crippen LogP contribution in [0.15, 0.2) is 42.5 Å². The van der Waals surface area contributed by atoms with Crippen molar-refractivity contribution in [2.75, 3.05) is 25.0 Å². The number of nitrogens with one attached hydrogen (secondary N) is 1. The van der Waals surface area contributed by atoms with Crippen molar-refractivity contribution in [3.63, 3.8) is 0 Å². The van der Waals surface area contributed by atoms with Crippen molar-refractivity contribution >= 4 is 22.4 Å². The summed E-state index contributed by atoms with van der Waals surface area (Å²) in [6.45, 7) is 2.57. The first-order valence-corrected chi connectivity index (χ1v) is 9.44. The number of carbonyl (C=O) groups excluding carboxylic acids is 1. The van der Waals surface area contributed by atoms with Crippen LogP contribution in [0.2, 0.25) is 0 Å². The number of hydrogen-bond donors (Lipinski definition) is 1. The van der Waals surface area contributed by atoms with Crippen LogP contribution in [0.1, 0.15) is 32.1 Å². The zero-order chi connectivity index (χ0) is 17.1. The van der Waals surface area contributed by atoms with Crippen molar-refractivity contribution in [1.82, 2.24) is 4.90 Å². The van der Waals surface area contributed by atoms with Gasteiger partial charge in [-0.3, -0.25) is 9.69 Å². The number of fused-ring (bicyclic) bond motifs is 2. The van der Waals surface area contributed by atoms with Gasteiger partial charge in [0.25, 0.3) is 0 Å². The summed E-state index contributed by atoms with van der Waals surface area (Å²) in [4.78, 5) is 15.0. The molecule has 132 valence electrons. The lowest BCUT2D eigenvalue weighted by Crippen LogP contribution is -2.53. The van der Waals surface area contributed by atoms with Gasteiger partial charge >= 0.3 is 0 Å². The minimum Gasteiger partial charge on any atom is -0.375 e. The molecule has 1 saturated carbocycles. The molecule has 1 saturated heterocycles. The molecule has 1 amide bonds. The minimum atomic E-state index is 0.0928. The van der Waals surface area contributed by atoms with Crippen molar-refractivity contribution in [3.05, 3.63) is 42.5 Å². The van der Waals surface area contributed by atoms with Crippen molar-refractivity contribution < 1.29 is 9.53 Å². The Morgan fingerprint density at radius 2 is 1.96 bits per heavy atom. The van der Waals surface area contributed by atoms with Crippen LogP contribution in [0.25, 0.3) is 10.8 Å². The van der Waals surface area contributed by atoms with Gasteiger partial charge in [0.2, 0.25) is 5.91 Å². The number of carbonyl (C=O) groups is 1. The Hall–Kier alpha value is -1.91. The number of rotatable bonds is 4. The number of morpholine rings is 1. The highest BCUT2D eigenvalue weighted by atomic mass is 16.5. The fraction of sp³-hybridized carbons (Fsp3) is 0.476. The fourth-order valence-electron chi connectivity index (χ4n) is 4.25. The third-order valence-electron chi connectivity index (χ3n) is 5.54. The number of hydrogen-bond acceptors (Lipinski definition) is 3. The van der Waals surface area contributed by atoms with Gasteiger partial charge in [0, 0.05) is 36.6 Å². The van der Waals surface area contributed by atoms with Crippen molar-refractivity contribution in [3.8, 4) is 0 Å². The van der Waals surface area contributed by atoms with Gasteiger partial charge in [0.05, 0.1) is 12.7 Å². The largest absolute Gasteiger partial charge is 0.375 e. The first kappa shape index (κ1) is 16.6. The monoisotopic (exact) mass is 338 g/mol. The summed E-state index contributed by atoms with van der Waals surface area (Å²) >= 11 is 0. The molecule has 1 aliphatic carbocycles. The summed E-state index contributed by atoms with van der Waals surface area (Å²) < 4.78 is 5.92. The Bertz CT molecular complexity index is 738. The van der Waals surface area contributed by atoms with Crippen molar-refractivity contribution in [2.45, 2.75) is 44.2 Å². The standard InChI is InChI=1S/C21H26N2O2/c24-21(22-18-9-5-7-16-6-1-2-8-17(16)18)12-13-23-14-15-25-20-11-4-3-10-19(20)23/h1-2,5-9,19-20H,3-4,10-15H2,(H,22,24). The third kappa shape index (κ3) is 3.70. The highest BCUT2D eigenvalue weighted by molar-refractivity contribution is 6.02. The highest BCUT2D eigenvalue weighted by Crippen LogP contribution is 2.28. The zero-order valence-corrected chi connectivity index (χ0v) is 14.6. The van der Waals surface area contributed by atoms with E-state index in [1.165, 1.54) is 25.7 Å². The van der Waals surface area contributed by atoms with Crippen LogP contribution in [-0.4, -0.2) is 42.6 Å². The number of ether oxygens (including phenoxy) is 1. The summed E-state index contributed by atoms with van der Waals surface area (Å²) in [5.74, 6) is 0.0928. The molecule has 2 atom stereocenters. The van der Waals surface area contributed by atoms with E-state index in [9.17, 15) is 4.79 Å². The molecule has 4 nitrogen and oxygen atoms in total. The van der Waals surface area contributed by atoms with Crippen LogP contribution >= 0.6 is 0 Å². The van der Waals surface area contributed by atoms with Gasteiger partial charge in [-0.15, -0.1) is 0 Å². The second-order valence-corrected chi connectivity index (χ2v) is 7.12. The van der Waals surface area contributed by atoms with Crippen molar-refractivity contribution in [2.24, 2.45) is 0 Å². The van der Waals surface area contributed by atoms with Crippen LogP contribution in [0, 0.1) is 0 Å². The van der Waals surface area contributed by atoms with E-state index in [-0.39, 0.29) is 5.91 Å². The molecule has 0 aromatic heterocycles. The predicted octanol–water partition coefficient (Wildman–Crippen LogP) is 3.81. The maximum atomic E-state index is 12.5. The zero-order valence-electron chi connectivity index (χ0n) is 14.6. The SMILES string of the molecule is O=C(CCN1CCOC2CCCCC21)Nc1cccc2ccccc12. The molecule has 1 aliphatic heterocycles. The van der Waals surface area contributed by atoms with Gasteiger partial charge in [-0.05, 0) is 24.3 Å². The summed E-state index contributed by atoms with van der Waals surface area (Å²) in [6.07, 6.45) is 5.84. The lowest BCUT2D eigenvalue weighted by atomic mass is 9.90. The molecular formula is C21H26N2O2. The molecule has 4 rings (SSSR count). The average molecular weight is 338 g/mol. The minimum absolute atomic E-state index is 0.0928. The molecule has 4 heteroatoms. The van der Waals surface area contributed by atoms with E-state index in [0.29, 0.717) is 18.6 Å². The lowest BCUT2D eigenvalue weighted by Gasteiger charge is -2.43. The van der Waals surface area contributed by atoms with E-state index in [1.807, 2.05) is 24.3 Å². The molecule has 2 aromatic rings. The topological polar surface area (TPSA) is 41.6 Å². The van der Waals surface area contributed by atoms with Crippen LogP contribution in [0.5, 0.6) is 0 Å². The molecule has 0 bridgehead atoms. The van der Waals surface area contributed by atoms with Gasteiger partial charge in [-0.2, -0.15) is 0 Å². The van der Waals surface area contributed by atoms with Crippen LogP contribution < -0.4 is 5.32 Å². The van der Waals surface area contributed by atoms with E-state index in [4.69, 9.17) is 4.74 Å². The van der Waals surface area contributed by atoms with E-state index < -0.39 is 0 Å². The van der Waals surface area contributed by atoms with Gasteiger partial charge in [-0.1, -0.05) is 49.2 Å². The van der Waals surface area contributed by atoms with Gasteiger partial charge < -0.3 is 10.1 Å². The number of nitrogens with zero attached hydrogens (tertiary/aromatic N) is 1. The van der Waals surface area contributed by atoms with Gasteiger partial charge in [0.15, 0.2) is 0 Å². The molecule has 2 unspecified atom stereocenters. The van der Waals surface area contributed by atoms with Crippen LogP contribution in [0.3, 0.4) is 0 Å². The number of anilines is 1. The molecular weight excluding hydrogens is 312 g/mol. The fourth-order valence-corrected chi connectivity index (χ4v) is 4.25. The molecule has 1 heterocycles. The Morgan fingerprint density at radius 1 is 1.12 bits per heavy atom. The van der Waals surface area contributed by atoms with Gasteiger partial charge in [0.1, 0.15) is 0 Å². The summed E-state index contributed by atoms with van der Waals surface area (Å²) in [5, 5.41) is 5.35. The number of benzene rings is 2. The first-order valence-electron chi connectivity index (χ1n) is 9.44. The van der Waals surface area contributed by atoms with E-state index in [1.54, 1.807) is 0 Å². The number of amides is 1. The second kappa shape index (κ2) is 7.54. The quantitative estimate of drug-likeness (QED) is 0.922. The third-order valence-corrected chi connectivity index (χ3v) is 5.54. The van der Waals surface area contributed by atoms with Crippen LogP contribution in [0.4, 0.5) is 5.69 Å². The molecule has 2 aliphatic rings. The normalized spacial score (nSPS) is 24.0. The molecule has 25 heavy (non-hydrogen) atoms. The first-order chi connectivity index (χ1) is 12.3. The molecule has 0 radical (unpaired) electrons. The lowest BCUT2D eigenvalue weighted by molar-refractivity contribution is -0.118. The van der Waals surface area contributed by atoms with Crippen LogP contribution in [-0.2, 0) is 9.53 Å². The average Bonchev–Trinajstić information content (AvgIpc) is 2.66. The molecule has 2 aromatic carbocycles. The summed E-state index contributed by atoms with van der Waals surface area (Å²) in [5.41, 5.74) is 0.903. The van der Waals surface area contributed by atoms with E-state index >= 15 is 0 Å². The predicted molar refractivity (Wildman–Crippen MR) is 101 cm³/mol. The van der Waals surface area contributed by atoms with E-state index in [0.717, 1.165) is 36.2 Å². The van der Waals surface area contributed by atoms with E-state index in [2.05, 4.69) is 28.4 Å². The maximum Gasteiger partial charge on any atom is 0.225 e. The Kier molecular flexibility index (Phi) is 4.99. The Labute approximate surface area is 149 Å². The van der Waals surface area contributed by atoms with Gasteiger partial charge in [-0.25, -0.2) is 0 Å². The molecule has 0 spiro atoms. The summed E-state index contributed by atoms with van der Waals surface area (Å²) in [7, 11) is 0. The smallest absolute Gasteiger partial charge is 0.225 e. The summed E-state index contributed by atoms with van der Waals surface area (Å²) in [6, 6.07) is 14.7. The highest BCUT2D eigenvalue weighted by Gasteiger charge is 2.33. The van der Waals surface area contributed by atoms with Crippen molar-refractivity contribution in [1.29, 1.82) is 0 Å². The Morgan fingerprint density at radius 3 is 2.92 bits per heavy atom. The molecule has 2 fully saturated rings. The second-order valence-electron chi connectivity index (χ2n) is 7.12. The Balaban J connectivity index is 1.37. The maximum absolute atomic E-state index is 12.5. The molecule has 1 N–H and O–H groups in total.